The number of aromatic amines is 1. The van der Waals surface area contributed by atoms with Crippen LogP contribution in [0.25, 0.3) is 22.4 Å². The number of likely N-dealkylation sites (tertiary alicyclic amines) is 1. The van der Waals surface area contributed by atoms with E-state index in [0.717, 1.165) is 49.3 Å². The zero-order valence-corrected chi connectivity index (χ0v) is 17.7. The normalized spacial score (nSPS) is 15.1. The average molecular weight is 421 g/mol. The Hall–Kier alpha value is -3.32. The Labute approximate surface area is 181 Å². The number of ether oxygens (including phenoxy) is 1. The van der Waals surface area contributed by atoms with E-state index >= 15 is 0 Å². The van der Waals surface area contributed by atoms with Crippen molar-refractivity contribution in [3.63, 3.8) is 0 Å². The number of hydrogen-bond acceptors (Lipinski definition) is 5. The fraction of sp³-hybridized carbons (Fsp3) is 0.333. The van der Waals surface area contributed by atoms with Crippen LogP contribution >= 0.6 is 0 Å². The molecule has 162 valence electrons. The summed E-state index contributed by atoms with van der Waals surface area (Å²) in [6, 6.07) is 15.3. The average Bonchev–Trinajstić information content (AvgIpc) is 3.16. The molecule has 0 unspecified atom stereocenters. The molecule has 1 amide bonds. The number of aromatic nitrogens is 2. The van der Waals surface area contributed by atoms with Crippen LogP contribution in [-0.4, -0.2) is 52.4 Å². The maximum atomic E-state index is 11.3. The molecule has 31 heavy (non-hydrogen) atoms. The summed E-state index contributed by atoms with van der Waals surface area (Å²) in [4.78, 5) is 13.5. The van der Waals surface area contributed by atoms with Crippen molar-refractivity contribution < 1.29 is 14.6 Å². The molecule has 0 saturated carbocycles. The van der Waals surface area contributed by atoms with Crippen LogP contribution in [0.4, 0.5) is 0 Å². The number of phenolic OH excluding ortho intramolecular Hbond substituents is 1. The molecule has 0 spiro atoms. The lowest BCUT2D eigenvalue weighted by Crippen LogP contribution is -2.40. The molecule has 3 aromatic rings. The molecular formula is C24H28N4O3. The molecule has 7 heteroatoms. The molecule has 0 aliphatic carbocycles. The summed E-state index contributed by atoms with van der Waals surface area (Å²) in [5.74, 6) is 0.535. The summed E-state index contributed by atoms with van der Waals surface area (Å²) in [6.07, 6.45) is 1.61. The SMILES string of the molecule is Cc1[nH]nc(-c2ccc(OCCN3CCC(C(N)=O)CC3)cc2O)c1-c1ccccc1. The highest BCUT2D eigenvalue weighted by molar-refractivity contribution is 5.85. The third kappa shape index (κ3) is 4.72. The zero-order valence-electron chi connectivity index (χ0n) is 17.7. The van der Waals surface area contributed by atoms with Gasteiger partial charge >= 0.3 is 0 Å². The van der Waals surface area contributed by atoms with E-state index in [1.54, 1.807) is 6.07 Å². The Kier molecular flexibility index (Phi) is 6.23. The van der Waals surface area contributed by atoms with Gasteiger partial charge in [-0.15, -0.1) is 0 Å². The number of phenols is 1. The van der Waals surface area contributed by atoms with Gasteiger partial charge < -0.3 is 15.6 Å². The fourth-order valence-electron chi connectivity index (χ4n) is 4.12. The number of nitrogens with two attached hydrogens (primary N) is 1. The summed E-state index contributed by atoms with van der Waals surface area (Å²) in [6.45, 7) is 4.95. The highest BCUT2D eigenvalue weighted by Crippen LogP contribution is 2.38. The van der Waals surface area contributed by atoms with Crippen LogP contribution in [0.15, 0.2) is 48.5 Å². The summed E-state index contributed by atoms with van der Waals surface area (Å²) in [5, 5.41) is 18.1. The van der Waals surface area contributed by atoms with E-state index in [4.69, 9.17) is 10.5 Å². The van der Waals surface area contributed by atoms with E-state index in [9.17, 15) is 9.90 Å². The fourth-order valence-corrected chi connectivity index (χ4v) is 4.12. The van der Waals surface area contributed by atoms with Crippen LogP contribution in [0.2, 0.25) is 0 Å². The van der Waals surface area contributed by atoms with Gasteiger partial charge in [-0.3, -0.25) is 14.8 Å². The number of aryl methyl sites for hydroxylation is 1. The second-order valence-electron chi connectivity index (χ2n) is 7.98. The van der Waals surface area contributed by atoms with Gasteiger partial charge in [-0.25, -0.2) is 0 Å². The minimum Gasteiger partial charge on any atom is -0.507 e. The maximum absolute atomic E-state index is 11.3. The standard InChI is InChI=1S/C24H28N4O3/c1-16-22(17-5-3-2-4-6-17)23(27-26-16)20-8-7-19(15-21(20)29)31-14-13-28-11-9-18(10-12-28)24(25)30/h2-8,15,18,29H,9-14H2,1H3,(H2,25,30)(H,26,27). The van der Waals surface area contributed by atoms with Crippen molar-refractivity contribution >= 4 is 5.91 Å². The van der Waals surface area contributed by atoms with Crippen LogP contribution < -0.4 is 10.5 Å². The molecule has 0 bridgehead atoms. The quantitative estimate of drug-likeness (QED) is 0.544. The molecule has 1 aliphatic heterocycles. The minimum absolute atomic E-state index is 0.00638. The number of rotatable bonds is 7. The first-order valence-electron chi connectivity index (χ1n) is 10.6. The van der Waals surface area contributed by atoms with Crippen molar-refractivity contribution in [3.05, 3.63) is 54.2 Å². The van der Waals surface area contributed by atoms with Crippen molar-refractivity contribution in [1.29, 1.82) is 0 Å². The minimum atomic E-state index is -0.200. The molecule has 7 nitrogen and oxygen atoms in total. The van der Waals surface area contributed by atoms with Crippen molar-refractivity contribution in [2.45, 2.75) is 19.8 Å². The van der Waals surface area contributed by atoms with Crippen LogP contribution in [0.5, 0.6) is 11.5 Å². The third-order valence-electron chi connectivity index (χ3n) is 5.90. The predicted molar refractivity (Wildman–Crippen MR) is 120 cm³/mol. The van der Waals surface area contributed by atoms with Gasteiger partial charge in [0.05, 0.1) is 0 Å². The van der Waals surface area contributed by atoms with E-state index < -0.39 is 0 Å². The van der Waals surface area contributed by atoms with E-state index in [1.165, 1.54) is 0 Å². The molecular weight excluding hydrogens is 392 g/mol. The highest BCUT2D eigenvalue weighted by atomic mass is 16.5. The van der Waals surface area contributed by atoms with Gasteiger partial charge in [0.1, 0.15) is 23.8 Å². The number of piperidine rings is 1. The van der Waals surface area contributed by atoms with E-state index in [-0.39, 0.29) is 17.6 Å². The lowest BCUT2D eigenvalue weighted by atomic mass is 9.96. The number of aromatic hydroxyl groups is 1. The van der Waals surface area contributed by atoms with Crippen LogP contribution in [0.3, 0.4) is 0 Å². The molecule has 4 rings (SSSR count). The lowest BCUT2D eigenvalue weighted by Gasteiger charge is -2.30. The number of amides is 1. The number of nitrogens with one attached hydrogen (secondary N) is 1. The van der Waals surface area contributed by atoms with Gasteiger partial charge in [-0.05, 0) is 50.6 Å². The van der Waals surface area contributed by atoms with E-state index in [1.807, 2.05) is 49.4 Å². The largest absolute Gasteiger partial charge is 0.507 e. The van der Waals surface area contributed by atoms with E-state index in [2.05, 4.69) is 15.1 Å². The van der Waals surface area contributed by atoms with Gasteiger partial charge in [0.15, 0.2) is 0 Å². The monoisotopic (exact) mass is 420 g/mol. The molecule has 0 atom stereocenters. The Balaban J connectivity index is 1.40. The van der Waals surface area contributed by atoms with Gasteiger partial charge in [-0.2, -0.15) is 5.10 Å². The Bertz CT molecular complexity index is 1040. The summed E-state index contributed by atoms with van der Waals surface area (Å²) in [7, 11) is 0. The van der Waals surface area contributed by atoms with Gasteiger partial charge in [-0.1, -0.05) is 30.3 Å². The molecule has 4 N–H and O–H groups in total. The van der Waals surface area contributed by atoms with Gasteiger partial charge in [0.25, 0.3) is 0 Å². The molecule has 1 aromatic heterocycles. The van der Waals surface area contributed by atoms with Crippen molar-refractivity contribution in [2.75, 3.05) is 26.2 Å². The smallest absolute Gasteiger partial charge is 0.220 e. The first-order valence-corrected chi connectivity index (χ1v) is 10.6. The second-order valence-corrected chi connectivity index (χ2v) is 7.98. The van der Waals surface area contributed by atoms with E-state index in [0.29, 0.717) is 23.6 Å². The molecule has 1 aliphatic rings. The number of H-pyrrole nitrogens is 1. The molecule has 0 radical (unpaired) electrons. The second kappa shape index (κ2) is 9.22. The molecule has 1 saturated heterocycles. The Morgan fingerprint density at radius 2 is 1.97 bits per heavy atom. The van der Waals surface area contributed by atoms with Crippen LogP contribution in [0.1, 0.15) is 18.5 Å². The number of benzene rings is 2. The molecule has 1 fully saturated rings. The van der Waals surface area contributed by atoms with Crippen molar-refractivity contribution in [1.82, 2.24) is 15.1 Å². The summed E-state index contributed by atoms with van der Waals surface area (Å²) < 4.78 is 5.85. The number of carbonyl (C=O) groups is 1. The lowest BCUT2D eigenvalue weighted by molar-refractivity contribution is -0.123. The van der Waals surface area contributed by atoms with Gasteiger partial charge in [0.2, 0.25) is 5.91 Å². The predicted octanol–water partition coefficient (Wildman–Crippen LogP) is 3.33. The molecule has 2 aromatic carbocycles. The number of hydrogen-bond donors (Lipinski definition) is 3. The number of primary amides is 1. The first-order chi connectivity index (χ1) is 15.0. The Morgan fingerprint density at radius 3 is 2.65 bits per heavy atom. The summed E-state index contributed by atoms with van der Waals surface area (Å²) in [5.41, 5.74) is 9.72. The highest BCUT2D eigenvalue weighted by Gasteiger charge is 2.23. The molecule has 2 heterocycles. The van der Waals surface area contributed by atoms with Crippen molar-refractivity contribution in [3.8, 4) is 33.9 Å². The Morgan fingerprint density at radius 1 is 1.23 bits per heavy atom. The van der Waals surface area contributed by atoms with Gasteiger partial charge in [0, 0.05) is 35.3 Å². The topological polar surface area (TPSA) is 104 Å². The zero-order chi connectivity index (χ0) is 21.8. The number of nitrogens with zero attached hydrogens (tertiary/aromatic N) is 2. The maximum Gasteiger partial charge on any atom is 0.220 e. The first kappa shape index (κ1) is 20.9. The summed E-state index contributed by atoms with van der Waals surface area (Å²) >= 11 is 0. The van der Waals surface area contributed by atoms with Crippen LogP contribution in [0, 0.1) is 12.8 Å². The van der Waals surface area contributed by atoms with Crippen molar-refractivity contribution in [2.24, 2.45) is 11.7 Å². The van der Waals surface area contributed by atoms with Crippen LogP contribution in [-0.2, 0) is 4.79 Å². The number of carbonyl (C=O) groups excluding carboxylic acids is 1. The third-order valence-corrected chi connectivity index (χ3v) is 5.90.